The normalized spacial score (nSPS) is 16.9. The number of halogens is 1. The second-order valence-electron chi connectivity index (χ2n) is 6.54. The molecule has 1 aliphatic heterocycles. The molecule has 0 saturated carbocycles. The topological polar surface area (TPSA) is 75.8 Å². The molecule has 3 aromatic rings. The molecule has 0 saturated heterocycles. The minimum absolute atomic E-state index is 0.0667. The van der Waals surface area contributed by atoms with Gasteiger partial charge in [0.15, 0.2) is 0 Å². The summed E-state index contributed by atoms with van der Waals surface area (Å²) < 4.78 is 23.1. The molecule has 0 bridgehead atoms. The molecule has 2 N–H and O–H groups in total. The predicted molar refractivity (Wildman–Crippen MR) is 112 cm³/mol. The van der Waals surface area contributed by atoms with Crippen LogP contribution < -0.4 is 10.1 Å². The Hall–Kier alpha value is -2.67. The molecule has 3 aromatic carbocycles. The third-order valence-electron chi connectivity index (χ3n) is 4.71. The summed E-state index contributed by atoms with van der Waals surface area (Å²) >= 11 is 6.46. The Balaban J connectivity index is 1.77. The molecule has 28 heavy (non-hydrogen) atoms. The van der Waals surface area contributed by atoms with Gasteiger partial charge in [-0.15, -0.1) is 0 Å². The summed E-state index contributed by atoms with van der Waals surface area (Å²) in [5, 5.41) is 12.6. The van der Waals surface area contributed by atoms with Gasteiger partial charge in [0.1, 0.15) is 0 Å². The van der Waals surface area contributed by atoms with Crippen molar-refractivity contribution in [2.75, 3.05) is 5.01 Å². The first kappa shape index (κ1) is 18.7. The Labute approximate surface area is 169 Å². The van der Waals surface area contributed by atoms with Crippen LogP contribution in [0.4, 0.5) is 5.69 Å². The Morgan fingerprint density at radius 2 is 1.57 bits per heavy atom. The van der Waals surface area contributed by atoms with Crippen LogP contribution in [0, 0.1) is 0 Å². The van der Waals surface area contributed by atoms with Gasteiger partial charge in [0.25, 0.3) is 0 Å². The zero-order valence-electron chi connectivity index (χ0n) is 14.9. The molecular formula is C21H18ClN3O2S. The molecule has 0 spiro atoms. The number of hydrazone groups is 1. The first-order valence-electron chi connectivity index (χ1n) is 8.73. The molecule has 1 atom stereocenters. The number of nitrogens with two attached hydrogens (primary N) is 1. The van der Waals surface area contributed by atoms with Crippen LogP contribution in [-0.2, 0) is 10.0 Å². The SMILES string of the molecule is NS(=O)(=O)c1ccc(N2N=C(c3ccccc3)CC2c2ccccc2Cl)cc1. The number of benzene rings is 3. The molecule has 0 radical (unpaired) electrons. The van der Waals surface area contributed by atoms with Crippen LogP contribution >= 0.6 is 11.6 Å². The van der Waals surface area contributed by atoms with Crippen LogP contribution in [0.25, 0.3) is 0 Å². The molecule has 4 rings (SSSR count). The molecule has 1 heterocycles. The van der Waals surface area contributed by atoms with E-state index in [2.05, 4.69) is 0 Å². The Kier molecular flexibility index (Phi) is 4.93. The van der Waals surface area contributed by atoms with Gasteiger partial charge in [-0.25, -0.2) is 13.6 Å². The van der Waals surface area contributed by atoms with Crippen molar-refractivity contribution >= 4 is 33.0 Å². The molecule has 7 heteroatoms. The zero-order chi connectivity index (χ0) is 19.7. The average molecular weight is 412 g/mol. The van der Waals surface area contributed by atoms with E-state index in [-0.39, 0.29) is 10.9 Å². The highest BCUT2D eigenvalue weighted by Crippen LogP contribution is 2.39. The van der Waals surface area contributed by atoms with Crippen LogP contribution in [0.5, 0.6) is 0 Å². The highest BCUT2D eigenvalue weighted by molar-refractivity contribution is 7.89. The second-order valence-corrected chi connectivity index (χ2v) is 8.51. The van der Waals surface area contributed by atoms with Crippen molar-refractivity contribution < 1.29 is 8.42 Å². The van der Waals surface area contributed by atoms with Gasteiger partial charge in [-0.3, -0.25) is 5.01 Å². The van der Waals surface area contributed by atoms with Crippen LogP contribution in [0.2, 0.25) is 5.02 Å². The van der Waals surface area contributed by atoms with Gasteiger partial charge in [0.2, 0.25) is 10.0 Å². The fourth-order valence-corrected chi connectivity index (χ4v) is 4.11. The zero-order valence-corrected chi connectivity index (χ0v) is 16.4. The molecule has 5 nitrogen and oxygen atoms in total. The number of primary sulfonamides is 1. The van der Waals surface area contributed by atoms with Crippen LogP contribution in [0.15, 0.2) is 88.9 Å². The lowest BCUT2D eigenvalue weighted by atomic mass is 9.98. The maximum Gasteiger partial charge on any atom is 0.238 e. The van der Waals surface area contributed by atoms with Crippen LogP contribution in [0.1, 0.15) is 23.6 Å². The number of hydrogen-bond donors (Lipinski definition) is 1. The Bertz CT molecular complexity index is 1130. The molecular weight excluding hydrogens is 394 g/mol. The fourth-order valence-electron chi connectivity index (χ4n) is 3.33. The largest absolute Gasteiger partial charge is 0.257 e. The minimum Gasteiger partial charge on any atom is -0.257 e. The molecule has 0 aromatic heterocycles. The maximum atomic E-state index is 11.6. The Morgan fingerprint density at radius 3 is 2.21 bits per heavy atom. The van der Waals surface area contributed by atoms with E-state index in [1.165, 1.54) is 12.1 Å². The van der Waals surface area contributed by atoms with Crippen molar-refractivity contribution in [2.24, 2.45) is 10.2 Å². The number of anilines is 1. The molecule has 0 fully saturated rings. The van der Waals surface area contributed by atoms with E-state index >= 15 is 0 Å². The molecule has 142 valence electrons. The maximum absolute atomic E-state index is 11.6. The first-order chi connectivity index (χ1) is 13.4. The van der Waals surface area contributed by atoms with Gasteiger partial charge in [-0.05, 0) is 41.5 Å². The molecule has 1 aliphatic rings. The van der Waals surface area contributed by atoms with Crippen LogP contribution in [-0.4, -0.2) is 14.1 Å². The Morgan fingerprint density at radius 1 is 0.929 bits per heavy atom. The fraction of sp³-hybridized carbons (Fsp3) is 0.0952. The van der Waals surface area contributed by atoms with Crippen molar-refractivity contribution in [1.82, 2.24) is 0 Å². The average Bonchev–Trinajstić information content (AvgIpc) is 3.14. The van der Waals surface area contributed by atoms with E-state index in [4.69, 9.17) is 21.8 Å². The van der Waals surface area contributed by atoms with E-state index in [0.29, 0.717) is 11.4 Å². The van der Waals surface area contributed by atoms with Crippen molar-refractivity contribution in [3.63, 3.8) is 0 Å². The first-order valence-corrected chi connectivity index (χ1v) is 10.7. The number of sulfonamides is 1. The number of rotatable bonds is 4. The number of hydrogen-bond acceptors (Lipinski definition) is 4. The highest BCUT2D eigenvalue weighted by Gasteiger charge is 2.31. The van der Waals surface area contributed by atoms with Gasteiger partial charge >= 0.3 is 0 Å². The third kappa shape index (κ3) is 3.67. The summed E-state index contributed by atoms with van der Waals surface area (Å²) in [4.78, 5) is 0.0667. The summed E-state index contributed by atoms with van der Waals surface area (Å²) in [6.07, 6.45) is 0.685. The summed E-state index contributed by atoms with van der Waals surface area (Å²) in [5.41, 5.74) is 3.72. The molecule has 0 amide bonds. The second kappa shape index (κ2) is 7.39. The van der Waals surface area contributed by atoms with Crippen LogP contribution in [0.3, 0.4) is 0 Å². The van der Waals surface area contributed by atoms with E-state index in [1.807, 2.05) is 59.6 Å². The van der Waals surface area contributed by atoms with E-state index in [0.717, 1.165) is 22.5 Å². The molecule has 0 aliphatic carbocycles. The summed E-state index contributed by atoms with van der Waals surface area (Å²) in [5.74, 6) is 0. The van der Waals surface area contributed by atoms with E-state index < -0.39 is 10.0 Å². The standard InChI is InChI=1S/C21H18ClN3O2S/c22-19-9-5-4-8-18(19)21-14-20(15-6-2-1-3-7-15)24-25(21)16-10-12-17(13-11-16)28(23,26)27/h1-13,21H,14H2,(H2,23,26,27). The van der Waals surface area contributed by atoms with Gasteiger partial charge in [0, 0.05) is 11.4 Å². The minimum atomic E-state index is -3.74. The van der Waals surface area contributed by atoms with Crippen molar-refractivity contribution in [3.8, 4) is 0 Å². The lowest BCUT2D eigenvalue weighted by Crippen LogP contribution is -2.19. The lowest BCUT2D eigenvalue weighted by molar-refractivity contribution is 0.598. The monoisotopic (exact) mass is 411 g/mol. The van der Waals surface area contributed by atoms with Crippen molar-refractivity contribution in [2.45, 2.75) is 17.4 Å². The summed E-state index contributed by atoms with van der Waals surface area (Å²) in [6.45, 7) is 0. The quantitative estimate of drug-likeness (QED) is 0.693. The predicted octanol–water partition coefficient (Wildman–Crippen LogP) is 4.34. The van der Waals surface area contributed by atoms with Gasteiger partial charge in [-0.2, -0.15) is 5.10 Å². The summed E-state index contributed by atoms with van der Waals surface area (Å²) in [7, 11) is -3.74. The van der Waals surface area contributed by atoms with Gasteiger partial charge in [0.05, 0.1) is 22.3 Å². The third-order valence-corrected chi connectivity index (χ3v) is 5.98. The van der Waals surface area contributed by atoms with Gasteiger partial charge < -0.3 is 0 Å². The summed E-state index contributed by atoms with van der Waals surface area (Å²) in [6, 6.07) is 24.0. The van der Waals surface area contributed by atoms with Crippen molar-refractivity contribution in [3.05, 3.63) is 95.0 Å². The lowest BCUT2D eigenvalue weighted by Gasteiger charge is -2.24. The van der Waals surface area contributed by atoms with E-state index in [1.54, 1.807) is 12.1 Å². The number of nitrogens with zero attached hydrogens (tertiary/aromatic N) is 2. The van der Waals surface area contributed by atoms with E-state index in [9.17, 15) is 8.42 Å². The highest BCUT2D eigenvalue weighted by atomic mass is 35.5. The molecule has 1 unspecified atom stereocenters. The van der Waals surface area contributed by atoms with Gasteiger partial charge in [-0.1, -0.05) is 60.1 Å². The smallest absolute Gasteiger partial charge is 0.238 e. The van der Waals surface area contributed by atoms with Crippen molar-refractivity contribution in [1.29, 1.82) is 0 Å².